The first kappa shape index (κ1) is 12.5. The summed E-state index contributed by atoms with van der Waals surface area (Å²) in [6.07, 6.45) is 5.46. The fraction of sp³-hybridized carbons (Fsp3) is 0.800. The molecule has 2 rings (SSSR count). The third kappa shape index (κ3) is 2.20. The Morgan fingerprint density at radius 2 is 2.29 bits per heavy atom. The van der Waals surface area contributed by atoms with E-state index in [1.807, 2.05) is 20.8 Å². The van der Waals surface area contributed by atoms with Crippen molar-refractivity contribution in [3.63, 3.8) is 0 Å². The molecule has 2 bridgehead atoms. The number of carbonyl (C=O) groups is 1. The van der Waals surface area contributed by atoms with Crippen molar-refractivity contribution in [3.05, 3.63) is 0 Å². The van der Waals surface area contributed by atoms with E-state index in [0.29, 0.717) is 5.92 Å². The van der Waals surface area contributed by atoms with Crippen molar-refractivity contribution in [1.82, 2.24) is 0 Å². The molecule has 2 aliphatic rings. The van der Waals surface area contributed by atoms with Crippen LogP contribution in [0.5, 0.6) is 0 Å². The molecule has 0 spiro atoms. The minimum atomic E-state index is -0.446. The van der Waals surface area contributed by atoms with Crippen molar-refractivity contribution < 1.29 is 9.53 Å². The second-order valence-electron chi connectivity index (χ2n) is 5.58. The van der Waals surface area contributed by atoms with Gasteiger partial charge in [-0.25, -0.2) is 0 Å². The van der Waals surface area contributed by atoms with Crippen molar-refractivity contribution in [2.24, 2.45) is 17.8 Å². The lowest BCUT2D eigenvalue weighted by Crippen LogP contribution is -2.40. The molecule has 2 aliphatic carbocycles. The standard InChI is InChI=1S/C15H22O2/c1-4-8-15(17-14(16)11(3)5-2)10-12-6-7-13(15)9-12/h11-13H,5-7,9-10H2,1-3H3. The zero-order valence-electron chi connectivity index (χ0n) is 11.1. The summed E-state index contributed by atoms with van der Waals surface area (Å²) in [6, 6.07) is 0. The molecule has 0 amide bonds. The average Bonchev–Trinajstić information content (AvgIpc) is 2.88. The van der Waals surface area contributed by atoms with Gasteiger partial charge in [-0.3, -0.25) is 4.79 Å². The molecule has 17 heavy (non-hydrogen) atoms. The van der Waals surface area contributed by atoms with Crippen LogP contribution in [0.15, 0.2) is 0 Å². The van der Waals surface area contributed by atoms with Gasteiger partial charge >= 0.3 is 5.97 Å². The number of hydrogen-bond donors (Lipinski definition) is 0. The van der Waals surface area contributed by atoms with Crippen LogP contribution in [0.1, 0.15) is 52.9 Å². The largest absolute Gasteiger partial charge is 0.445 e. The summed E-state index contributed by atoms with van der Waals surface area (Å²) in [6.45, 7) is 5.79. The van der Waals surface area contributed by atoms with E-state index in [0.717, 1.165) is 18.8 Å². The predicted molar refractivity (Wildman–Crippen MR) is 67.2 cm³/mol. The van der Waals surface area contributed by atoms with Crippen LogP contribution in [-0.4, -0.2) is 11.6 Å². The average molecular weight is 234 g/mol. The molecule has 0 aromatic heterocycles. The van der Waals surface area contributed by atoms with E-state index in [-0.39, 0.29) is 11.9 Å². The lowest BCUT2D eigenvalue weighted by atomic mass is 9.84. The molecule has 2 heteroatoms. The summed E-state index contributed by atoms with van der Waals surface area (Å²) in [5.41, 5.74) is -0.446. The molecular formula is C15H22O2. The molecule has 2 saturated carbocycles. The van der Waals surface area contributed by atoms with Gasteiger partial charge in [-0.1, -0.05) is 19.8 Å². The van der Waals surface area contributed by atoms with Crippen LogP contribution in [0.3, 0.4) is 0 Å². The summed E-state index contributed by atoms with van der Waals surface area (Å²) in [5, 5.41) is 0. The molecule has 2 nitrogen and oxygen atoms in total. The summed E-state index contributed by atoms with van der Waals surface area (Å²) in [7, 11) is 0. The molecule has 4 unspecified atom stereocenters. The minimum Gasteiger partial charge on any atom is -0.445 e. The molecule has 4 atom stereocenters. The molecule has 94 valence electrons. The summed E-state index contributed by atoms with van der Waals surface area (Å²) in [5.74, 6) is 7.31. The normalized spacial score (nSPS) is 36.2. The highest BCUT2D eigenvalue weighted by Crippen LogP contribution is 2.52. The Labute approximate surface area is 104 Å². The van der Waals surface area contributed by atoms with Gasteiger partial charge in [-0.15, -0.1) is 5.92 Å². The van der Waals surface area contributed by atoms with E-state index in [2.05, 4.69) is 11.8 Å². The number of ether oxygens (including phenoxy) is 1. The Hall–Kier alpha value is -0.970. The topological polar surface area (TPSA) is 26.3 Å². The Kier molecular flexibility index (Phi) is 3.47. The first-order chi connectivity index (χ1) is 8.11. The van der Waals surface area contributed by atoms with Crippen LogP contribution in [0.2, 0.25) is 0 Å². The fourth-order valence-electron chi connectivity index (χ4n) is 3.24. The van der Waals surface area contributed by atoms with Crippen molar-refractivity contribution in [2.75, 3.05) is 0 Å². The summed E-state index contributed by atoms with van der Waals surface area (Å²) >= 11 is 0. The molecule has 0 N–H and O–H groups in total. The molecule has 0 heterocycles. The van der Waals surface area contributed by atoms with Gasteiger partial charge in [-0.2, -0.15) is 0 Å². The van der Waals surface area contributed by atoms with Gasteiger partial charge in [0.25, 0.3) is 0 Å². The van der Waals surface area contributed by atoms with E-state index >= 15 is 0 Å². The van der Waals surface area contributed by atoms with Gasteiger partial charge in [0.15, 0.2) is 5.60 Å². The summed E-state index contributed by atoms with van der Waals surface area (Å²) in [4.78, 5) is 12.0. The Bertz CT molecular complexity index is 363. The van der Waals surface area contributed by atoms with Gasteiger partial charge in [0, 0.05) is 12.3 Å². The van der Waals surface area contributed by atoms with E-state index in [4.69, 9.17) is 4.74 Å². The van der Waals surface area contributed by atoms with E-state index in [1.54, 1.807) is 0 Å². The maximum atomic E-state index is 12.0. The summed E-state index contributed by atoms with van der Waals surface area (Å²) < 4.78 is 5.81. The van der Waals surface area contributed by atoms with Crippen LogP contribution in [0.4, 0.5) is 0 Å². The minimum absolute atomic E-state index is 0.00958. The number of fused-ring (bicyclic) bond motifs is 2. The van der Waals surface area contributed by atoms with Crippen molar-refractivity contribution >= 4 is 5.97 Å². The highest BCUT2D eigenvalue weighted by Gasteiger charge is 2.53. The zero-order valence-corrected chi connectivity index (χ0v) is 11.1. The fourth-order valence-corrected chi connectivity index (χ4v) is 3.24. The third-order valence-corrected chi connectivity index (χ3v) is 4.43. The van der Waals surface area contributed by atoms with Gasteiger partial charge in [-0.05, 0) is 38.5 Å². The second kappa shape index (κ2) is 4.72. The Balaban J connectivity index is 2.13. The quantitative estimate of drug-likeness (QED) is 0.554. The van der Waals surface area contributed by atoms with Crippen molar-refractivity contribution in [2.45, 2.75) is 58.5 Å². The first-order valence-corrected chi connectivity index (χ1v) is 6.78. The monoisotopic (exact) mass is 234 g/mol. The molecule has 0 aromatic rings. The number of carbonyl (C=O) groups excluding carboxylic acids is 1. The Morgan fingerprint density at radius 3 is 2.76 bits per heavy atom. The van der Waals surface area contributed by atoms with Gasteiger partial charge in [0.05, 0.1) is 5.92 Å². The molecule has 0 aliphatic heterocycles. The van der Waals surface area contributed by atoms with Gasteiger partial charge < -0.3 is 4.74 Å². The van der Waals surface area contributed by atoms with Crippen LogP contribution in [0.25, 0.3) is 0 Å². The molecule has 2 fully saturated rings. The van der Waals surface area contributed by atoms with Crippen LogP contribution in [0, 0.1) is 29.6 Å². The van der Waals surface area contributed by atoms with E-state index < -0.39 is 5.60 Å². The lowest BCUT2D eigenvalue weighted by Gasteiger charge is -2.33. The van der Waals surface area contributed by atoms with E-state index in [1.165, 1.54) is 19.3 Å². The molecule has 0 radical (unpaired) electrons. The molecule has 0 aromatic carbocycles. The second-order valence-corrected chi connectivity index (χ2v) is 5.58. The van der Waals surface area contributed by atoms with Gasteiger partial charge in [0.2, 0.25) is 0 Å². The van der Waals surface area contributed by atoms with Crippen LogP contribution >= 0.6 is 0 Å². The zero-order chi connectivity index (χ0) is 12.5. The maximum absolute atomic E-state index is 12.0. The highest BCUT2D eigenvalue weighted by molar-refractivity contribution is 5.73. The lowest BCUT2D eigenvalue weighted by molar-refractivity contribution is -0.163. The Morgan fingerprint density at radius 1 is 1.53 bits per heavy atom. The number of hydrogen-bond acceptors (Lipinski definition) is 2. The molecular weight excluding hydrogens is 212 g/mol. The van der Waals surface area contributed by atoms with Crippen LogP contribution in [-0.2, 0) is 9.53 Å². The number of esters is 1. The SMILES string of the molecule is CC#CC1(OC(=O)C(C)CC)CC2CCC1C2. The van der Waals surface area contributed by atoms with Crippen molar-refractivity contribution in [1.29, 1.82) is 0 Å². The highest BCUT2D eigenvalue weighted by atomic mass is 16.6. The van der Waals surface area contributed by atoms with E-state index in [9.17, 15) is 4.79 Å². The van der Waals surface area contributed by atoms with Crippen LogP contribution < -0.4 is 0 Å². The smallest absolute Gasteiger partial charge is 0.310 e. The first-order valence-electron chi connectivity index (χ1n) is 6.78. The van der Waals surface area contributed by atoms with Gasteiger partial charge in [0.1, 0.15) is 0 Å². The van der Waals surface area contributed by atoms with Crippen molar-refractivity contribution in [3.8, 4) is 11.8 Å². The predicted octanol–water partition coefficient (Wildman–Crippen LogP) is 3.16. The molecule has 0 saturated heterocycles. The number of rotatable bonds is 3. The third-order valence-electron chi connectivity index (χ3n) is 4.43. The maximum Gasteiger partial charge on any atom is 0.310 e.